The molecule has 1 amide bonds. The molecule has 32 heavy (non-hydrogen) atoms. The van der Waals surface area contributed by atoms with Crippen LogP contribution >= 0.6 is 11.6 Å². The number of rotatable bonds is 5. The van der Waals surface area contributed by atoms with E-state index in [9.17, 15) is 9.18 Å². The van der Waals surface area contributed by atoms with E-state index in [4.69, 9.17) is 16.3 Å². The van der Waals surface area contributed by atoms with Gasteiger partial charge >= 0.3 is 6.09 Å². The van der Waals surface area contributed by atoms with Gasteiger partial charge in [-0.15, -0.1) is 0 Å². The molecule has 166 valence electrons. The van der Waals surface area contributed by atoms with Gasteiger partial charge in [0, 0.05) is 37.6 Å². The monoisotopic (exact) mass is 452 g/mol. The van der Waals surface area contributed by atoms with Gasteiger partial charge in [0.2, 0.25) is 0 Å². The number of carbonyl (C=O) groups is 1. The Kier molecular flexibility index (Phi) is 6.49. The van der Waals surface area contributed by atoms with E-state index in [0.717, 1.165) is 18.7 Å². The maximum absolute atomic E-state index is 13.2. The van der Waals surface area contributed by atoms with Gasteiger partial charge in [0.05, 0.1) is 5.54 Å². The molecule has 1 heterocycles. The largest absolute Gasteiger partial charge is 0.415 e. The molecule has 0 radical (unpaired) electrons. The van der Waals surface area contributed by atoms with Crippen LogP contribution in [-0.2, 0) is 6.54 Å². The van der Waals surface area contributed by atoms with Crippen LogP contribution in [-0.4, -0.2) is 41.6 Å². The van der Waals surface area contributed by atoms with Crippen molar-refractivity contribution in [1.82, 2.24) is 9.80 Å². The Labute approximate surface area is 193 Å². The lowest BCUT2D eigenvalue weighted by molar-refractivity contribution is 0.103. The highest BCUT2D eigenvalue weighted by Crippen LogP contribution is 2.41. The zero-order valence-electron chi connectivity index (χ0n) is 18.2. The molecule has 6 heteroatoms. The van der Waals surface area contributed by atoms with E-state index in [-0.39, 0.29) is 11.7 Å². The molecule has 2 unspecified atom stereocenters. The van der Waals surface area contributed by atoms with Crippen LogP contribution in [0.2, 0.25) is 5.02 Å². The predicted octanol–water partition coefficient (Wildman–Crippen LogP) is 5.97. The first-order valence-electron chi connectivity index (χ1n) is 10.6. The van der Waals surface area contributed by atoms with Crippen molar-refractivity contribution in [1.29, 1.82) is 0 Å². The Morgan fingerprint density at radius 1 is 1.09 bits per heavy atom. The second-order valence-corrected chi connectivity index (χ2v) is 8.93. The van der Waals surface area contributed by atoms with Crippen LogP contribution in [0.1, 0.15) is 24.0 Å². The number of hydrogen-bond acceptors (Lipinski definition) is 3. The first-order valence-corrected chi connectivity index (χ1v) is 11.0. The van der Waals surface area contributed by atoms with Gasteiger partial charge in [-0.1, -0.05) is 54.1 Å². The van der Waals surface area contributed by atoms with Crippen LogP contribution in [0.3, 0.4) is 0 Å². The smallest absolute Gasteiger partial charge is 0.410 e. The second kappa shape index (κ2) is 9.31. The Morgan fingerprint density at radius 2 is 1.75 bits per heavy atom. The minimum atomic E-state index is -0.514. The number of amides is 1. The van der Waals surface area contributed by atoms with E-state index in [0.29, 0.717) is 17.3 Å². The third kappa shape index (κ3) is 4.79. The van der Waals surface area contributed by atoms with Crippen molar-refractivity contribution in [3.63, 3.8) is 0 Å². The third-order valence-corrected chi connectivity index (χ3v) is 6.57. The minimum absolute atomic E-state index is 0.0641. The highest BCUT2D eigenvalue weighted by atomic mass is 35.5. The van der Waals surface area contributed by atoms with E-state index in [1.165, 1.54) is 29.8 Å². The van der Waals surface area contributed by atoms with Crippen molar-refractivity contribution in [2.75, 3.05) is 20.1 Å². The molecule has 0 aromatic heterocycles. The molecule has 4 nitrogen and oxygen atoms in total. The zero-order chi connectivity index (χ0) is 22.7. The minimum Gasteiger partial charge on any atom is -0.410 e. The molecule has 2 atom stereocenters. The number of benzene rings is 3. The van der Waals surface area contributed by atoms with Crippen molar-refractivity contribution in [3.8, 4) is 5.75 Å². The number of likely N-dealkylation sites (N-methyl/N-ethyl adjacent to an activating group) is 1. The van der Waals surface area contributed by atoms with Gasteiger partial charge in [-0.25, -0.2) is 9.18 Å². The topological polar surface area (TPSA) is 32.8 Å². The summed E-state index contributed by atoms with van der Waals surface area (Å²) in [6.45, 7) is 4.36. The SMILES string of the molecule is CN(C(=O)Oc1ccc(F)cc1)C1(C)CN(Cc2ccccc2)CC1c1ccc(Cl)cc1. The average molecular weight is 453 g/mol. The third-order valence-electron chi connectivity index (χ3n) is 6.32. The van der Waals surface area contributed by atoms with Crippen molar-refractivity contribution >= 4 is 17.7 Å². The van der Waals surface area contributed by atoms with Crippen molar-refractivity contribution in [2.24, 2.45) is 0 Å². The Bertz CT molecular complexity index is 1060. The van der Waals surface area contributed by atoms with Crippen molar-refractivity contribution in [2.45, 2.75) is 24.9 Å². The number of likely N-dealkylation sites (tertiary alicyclic amines) is 1. The Balaban J connectivity index is 1.59. The van der Waals surface area contributed by atoms with E-state index >= 15 is 0 Å². The van der Waals surface area contributed by atoms with Gasteiger partial charge in [-0.3, -0.25) is 4.90 Å². The summed E-state index contributed by atoms with van der Waals surface area (Å²) in [6, 6.07) is 23.6. The molecule has 0 N–H and O–H groups in total. The molecule has 1 aliphatic heterocycles. The molecule has 0 saturated carbocycles. The van der Waals surface area contributed by atoms with Gasteiger partial charge in [0.15, 0.2) is 0 Å². The lowest BCUT2D eigenvalue weighted by Gasteiger charge is -2.39. The van der Waals surface area contributed by atoms with Crippen LogP contribution in [0.5, 0.6) is 5.75 Å². The molecule has 1 saturated heterocycles. The maximum atomic E-state index is 13.2. The fourth-order valence-corrected chi connectivity index (χ4v) is 4.55. The fraction of sp³-hybridized carbons (Fsp3) is 0.269. The number of hydrogen-bond donors (Lipinski definition) is 0. The second-order valence-electron chi connectivity index (χ2n) is 8.50. The van der Waals surface area contributed by atoms with Gasteiger partial charge in [0.25, 0.3) is 0 Å². The molecular formula is C26H26ClFN2O2. The number of carbonyl (C=O) groups excluding carboxylic acids is 1. The summed E-state index contributed by atoms with van der Waals surface area (Å²) in [4.78, 5) is 17.1. The van der Waals surface area contributed by atoms with Gasteiger partial charge in [-0.2, -0.15) is 0 Å². The van der Waals surface area contributed by atoms with Crippen LogP contribution in [0.25, 0.3) is 0 Å². The molecule has 1 aliphatic rings. The van der Waals surface area contributed by atoms with Crippen molar-refractivity contribution in [3.05, 3.63) is 101 Å². The van der Waals surface area contributed by atoms with Gasteiger partial charge in [-0.05, 0) is 54.4 Å². The lowest BCUT2D eigenvalue weighted by Crippen LogP contribution is -2.53. The fourth-order valence-electron chi connectivity index (χ4n) is 4.42. The summed E-state index contributed by atoms with van der Waals surface area (Å²) < 4.78 is 18.8. The number of nitrogens with zero attached hydrogens (tertiary/aromatic N) is 2. The van der Waals surface area contributed by atoms with E-state index in [1.807, 2.05) is 42.5 Å². The molecule has 1 fully saturated rings. The highest BCUT2D eigenvalue weighted by Gasteiger charge is 2.48. The highest BCUT2D eigenvalue weighted by molar-refractivity contribution is 6.30. The number of ether oxygens (including phenoxy) is 1. The van der Waals surface area contributed by atoms with Crippen LogP contribution in [0, 0.1) is 5.82 Å². The normalized spacial score (nSPS) is 20.8. The van der Waals surface area contributed by atoms with E-state index < -0.39 is 11.6 Å². The molecule has 3 aromatic carbocycles. The first-order chi connectivity index (χ1) is 15.3. The summed E-state index contributed by atoms with van der Waals surface area (Å²) in [5.41, 5.74) is 1.83. The Hall–Kier alpha value is -2.89. The maximum Gasteiger partial charge on any atom is 0.415 e. The quantitative estimate of drug-likeness (QED) is 0.478. The molecule has 0 aliphatic carbocycles. The standard InChI is InChI=1S/C26H26ClFN2O2/c1-26(29(2)25(31)32-23-14-12-22(28)13-15-23)18-30(16-19-6-4-3-5-7-19)17-24(26)20-8-10-21(27)11-9-20/h3-15,24H,16-18H2,1-2H3. The average Bonchev–Trinajstić information content (AvgIpc) is 3.13. The Morgan fingerprint density at radius 3 is 2.41 bits per heavy atom. The van der Waals surface area contributed by atoms with Crippen molar-refractivity contribution < 1.29 is 13.9 Å². The molecule has 0 bridgehead atoms. The molecule has 4 rings (SSSR count). The van der Waals surface area contributed by atoms with E-state index in [1.54, 1.807) is 11.9 Å². The molecule has 3 aromatic rings. The summed E-state index contributed by atoms with van der Waals surface area (Å²) in [6.07, 6.45) is -0.473. The first kappa shape index (κ1) is 22.3. The lowest BCUT2D eigenvalue weighted by atomic mass is 9.82. The van der Waals surface area contributed by atoms with E-state index in [2.05, 4.69) is 24.0 Å². The van der Waals surface area contributed by atoms with Gasteiger partial charge < -0.3 is 9.64 Å². The molecule has 0 spiro atoms. The summed E-state index contributed by atoms with van der Waals surface area (Å²) in [7, 11) is 1.76. The van der Waals surface area contributed by atoms with Crippen LogP contribution in [0.15, 0.2) is 78.9 Å². The van der Waals surface area contributed by atoms with Gasteiger partial charge in [0.1, 0.15) is 11.6 Å². The molecular weight excluding hydrogens is 427 g/mol. The van der Waals surface area contributed by atoms with Crippen LogP contribution < -0.4 is 4.74 Å². The summed E-state index contributed by atoms with van der Waals surface area (Å²) in [5.74, 6) is 0.00328. The summed E-state index contributed by atoms with van der Waals surface area (Å²) >= 11 is 6.12. The zero-order valence-corrected chi connectivity index (χ0v) is 18.9. The van der Waals surface area contributed by atoms with Crippen LogP contribution in [0.4, 0.5) is 9.18 Å². The summed E-state index contributed by atoms with van der Waals surface area (Å²) in [5, 5.41) is 0.679. The predicted molar refractivity (Wildman–Crippen MR) is 125 cm³/mol. The number of halogens is 2.